The van der Waals surface area contributed by atoms with Gasteiger partial charge in [-0.2, -0.15) is 0 Å². The second-order valence-electron chi connectivity index (χ2n) is 2.24. The summed E-state index contributed by atoms with van der Waals surface area (Å²) in [6.45, 7) is 6.26. The fourth-order valence-corrected chi connectivity index (χ4v) is 1.04. The Hall–Kier alpha value is -0.650. The van der Waals surface area contributed by atoms with Crippen LogP contribution in [0.2, 0.25) is 0 Å². The maximum atomic E-state index is 7.00. The van der Waals surface area contributed by atoms with Gasteiger partial charge in [-0.25, -0.2) is 0 Å². The van der Waals surface area contributed by atoms with E-state index in [1.54, 1.807) is 0 Å². The minimum atomic E-state index is 0. The molecule has 13 heavy (non-hydrogen) atoms. The van der Waals surface area contributed by atoms with Gasteiger partial charge in [0.05, 0.1) is 0 Å². The van der Waals surface area contributed by atoms with Crippen LogP contribution in [0.4, 0.5) is 0 Å². The van der Waals surface area contributed by atoms with E-state index in [9.17, 15) is 0 Å². The van der Waals surface area contributed by atoms with E-state index in [0.29, 0.717) is 6.54 Å². The first-order valence-corrected chi connectivity index (χ1v) is 3.34. The van der Waals surface area contributed by atoms with E-state index in [2.05, 4.69) is 4.99 Å². The Morgan fingerprint density at radius 2 is 2.15 bits per heavy atom. The van der Waals surface area contributed by atoms with Crippen LogP contribution in [0.3, 0.4) is 0 Å². The zero-order valence-corrected chi connectivity index (χ0v) is 8.09. The molecule has 0 aromatic carbocycles. The number of fused-ring (bicyclic) bond motifs is 1. The number of rotatable bonds is 0. The van der Waals surface area contributed by atoms with Gasteiger partial charge in [0, 0.05) is 12.7 Å². The first-order chi connectivity index (χ1) is 5.88. The summed E-state index contributed by atoms with van der Waals surface area (Å²) in [5.41, 5.74) is 0.801. The van der Waals surface area contributed by atoms with Crippen molar-refractivity contribution in [1.82, 2.24) is 4.90 Å². The minimum absolute atomic E-state index is 0. The van der Waals surface area contributed by atoms with E-state index in [-0.39, 0.29) is 22.4 Å². The number of allylic oxidation sites excluding steroid dienone is 2. The van der Waals surface area contributed by atoms with Crippen molar-refractivity contribution in [2.24, 2.45) is 4.99 Å². The summed E-state index contributed by atoms with van der Waals surface area (Å²) in [7, 11) is 0. The number of hydrogen-bond acceptors (Lipinski definition) is 3. The minimum Gasteiger partial charge on any atom is -0.693 e. The SMILES string of the molecule is [Ag+].[CH-]=C1CN=C2C=CC=CN12.[O][O-]. The number of amidine groups is 1. The Bertz CT molecular complexity index is 271. The first-order valence-electron chi connectivity index (χ1n) is 3.34. The molecule has 2 aliphatic rings. The van der Waals surface area contributed by atoms with E-state index in [4.69, 9.17) is 17.1 Å². The van der Waals surface area contributed by atoms with Crippen LogP contribution in [0.1, 0.15) is 0 Å². The van der Waals surface area contributed by atoms with Crippen LogP contribution in [-0.4, -0.2) is 17.3 Å². The number of hydrogen-bond donors (Lipinski definition) is 0. The summed E-state index contributed by atoms with van der Waals surface area (Å²) in [4.78, 5) is 6.07. The normalized spacial score (nSPS) is 16.9. The zero-order chi connectivity index (χ0) is 8.97. The van der Waals surface area contributed by atoms with Crippen LogP contribution in [0.15, 0.2) is 35.1 Å². The van der Waals surface area contributed by atoms with Crippen LogP contribution in [0, 0.1) is 6.58 Å². The maximum Gasteiger partial charge on any atom is 1.00 e. The largest absolute Gasteiger partial charge is 1.00 e. The Labute approximate surface area is 92.0 Å². The maximum absolute atomic E-state index is 7.00. The smallest absolute Gasteiger partial charge is 0.693 e. The summed E-state index contributed by atoms with van der Waals surface area (Å²) in [5.74, 6) is 0.944. The molecule has 4 nitrogen and oxygen atoms in total. The second-order valence-corrected chi connectivity index (χ2v) is 2.24. The van der Waals surface area contributed by atoms with E-state index in [1.807, 2.05) is 29.3 Å². The van der Waals surface area contributed by atoms with Gasteiger partial charge in [0.25, 0.3) is 0 Å². The molecule has 0 amide bonds. The van der Waals surface area contributed by atoms with Gasteiger partial charge in [0.2, 0.25) is 0 Å². The summed E-state index contributed by atoms with van der Waals surface area (Å²) in [6, 6.07) is 0. The molecule has 0 saturated carbocycles. The Kier molecular flexibility index (Phi) is 5.61. The molecule has 2 rings (SSSR count). The van der Waals surface area contributed by atoms with Crippen LogP contribution in [0.25, 0.3) is 0 Å². The summed E-state index contributed by atoms with van der Waals surface area (Å²) in [5, 5.41) is 14.0. The summed E-state index contributed by atoms with van der Waals surface area (Å²) in [6.07, 6.45) is 7.76. The predicted molar refractivity (Wildman–Crippen MR) is 40.9 cm³/mol. The average Bonchev–Trinajstić information content (AvgIpc) is 2.53. The zero-order valence-electron chi connectivity index (χ0n) is 6.61. The molecule has 0 unspecified atom stereocenters. The molecule has 0 atom stereocenters. The van der Waals surface area contributed by atoms with Crippen molar-refractivity contribution in [3.63, 3.8) is 0 Å². The fourth-order valence-electron chi connectivity index (χ4n) is 1.04. The molecule has 0 bridgehead atoms. The molecule has 5 heteroatoms. The third-order valence-corrected chi connectivity index (χ3v) is 1.55. The Balaban J connectivity index is 0.000000451. The first kappa shape index (κ1) is 12.4. The van der Waals surface area contributed by atoms with Gasteiger partial charge >= 0.3 is 22.4 Å². The Morgan fingerprint density at radius 1 is 1.46 bits per heavy atom. The van der Waals surface area contributed by atoms with E-state index < -0.39 is 0 Å². The van der Waals surface area contributed by atoms with Crippen molar-refractivity contribution in [1.29, 1.82) is 0 Å². The van der Waals surface area contributed by atoms with Gasteiger partial charge in [0.15, 0.2) is 0 Å². The average molecular weight is 271 g/mol. The molecule has 0 aromatic heterocycles. The topological polar surface area (TPSA) is 58.6 Å². The van der Waals surface area contributed by atoms with Gasteiger partial charge in [0.1, 0.15) is 5.84 Å². The molecule has 0 aromatic rings. The summed E-state index contributed by atoms with van der Waals surface area (Å²) >= 11 is 0. The number of aliphatic imine (C=N–C) groups is 1. The van der Waals surface area contributed by atoms with E-state index in [1.165, 1.54) is 0 Å². The molecule has 0 N–H and O–H groups in total. The molecule has 2 aliphatic heterocycles. The van der Waals surface area contributed by atoms with Crippen LogP contribution in [0.5, 0.6) is 0 Å². The molecular formula is C8H7AgN2O2-. The van der Waals surface area contributed by atoms with E-state index in [0.717, 1.165) is 11.5 Å². The van der Waals surface area contributed by atoms with Crippen LogP contribution < -0.4 is 5.26 Å². The van der Waals surface area contributed by atoms with Gasteiger partial charge < -0.3 is 22.0 Å². The number of nitrogens with zero attached hydrogens (tertiary/aromatic N) is 2. The third-order valence-electron chi connectivity index (χ3n) is 1.55. The van der Waals surface area contributed by atoms with Crippen LogP contribution in [-0.2, 0) is 27.6 Å². The standard InChI is InChI=1S/C8H7N2.Ag.O2/c1-7-6-9-8-4-2-3-5-10(7)8;;1-2/h1-5H,6H2;;/q-1;+1;-1. The Morgan fingerprint density at radius 3 is 2.77 bits per heavy atom. The van der Waals surface area contributed by atoms with Gasteiger partial charge in [-0.15, -0.1) is 5.70 Å². The fraction of sp³-hybridized carbons (Fsp3) is 0.125. The quantitative estimate of drug-likeness (QED) is 0.265. The van der Waals surface area contributed by atoms with Crippen LogP contribution >= 0.6 is 0 Å². The van der Waals surface area contributed by atoms with Gasteiger partial charge in [-0.05, 0) is 12.2 Å². The van der Waals surface area contributed by atoms with Crippen molar-refractivity contribution < 1.29 is 32.9 Å². The summed E-state index contributed by atoms with van der Waals surface area (Å²) < 4.78 is 0. The van der Waals surface area contributed by atoms with Crippen molar-refractivity contribution in [2.75, 3.05) is 6.54 Å². The molecule has 0 aliphatic carbocycles. The monoisotopic (exact) mass is 270 g/mol. The predicted octanol–water partition coefficient (Wildman–Crippen LogP) is -0.209. The van der Waals surface area contributed by atoms with Gasteiger partial charge in [-0.3, -0.25) is 4.99 Å². The van der Waals surface area contributed by atoms with Gasteiger partial charge in [-0.1, -0.05) is 6.08 Å². The molecule has 0 saturated heterocycles. The third kappa shape index (κ3) is 2.65. The second kappa shape index (κ2) is 5.90. The van der Waals surface area contributed by atoms with Crippen molar-refractivity contribution in [3.05, 3.63) is 36.7 Å². The van der Waals surface area contributed by atoms with Crippen molar-refractivity contribution >= 4 is 5.84 Å². The van der Waals surface area contributed by atoms with E-state index >= 15 is 0 Å². The molecule has 73 valence electrons. The molecule has 0 fully saturated rings. The molecule has 2 heterocycles. The van der Waals surface area contributed by atoms with Crippen molar-refractivity contribution in [3.8, 4) is 0 Å². The molecule has 1 radical (unpaired) electrons. The molecule has 0 spiro atoms. The molecular weight excluding hydrogens is 264 g/mol. The van der Waals surface area contributed by atoms with Crippen molar-refractivity contribution in [2.45, 2.75) is 0 Å².